The van der Waals surface area contributed by atoms with Gasteiger partial charge in [-0.25, -0.2) is 4.99 Å². The summed E-state index contributed by atoms with van der Waals surface area (Å²) in [5.41, 5.74) is 3.18. The Labute approximate surface area is 184 Å². The zero-order chi connectivity index (χ0) is 19.5. The van der Waals surface area contributed by atoms with Crippen molar-refractivity contribution in [3.63, 3.8) is 0 Å². The van der Waals surface area contributed by atoms with Gasteiger partial charge in [0.15, 0.2) is 17.5 Å². The molecule has 7 heteroatoms. The zero-order valence-corrected chi connectivity index (χ0v) is 19.3. The molecule has 2 aromatic carbocycles. The van der Waals surface area contributed by atoms with Crippen molar-refractivity contribution in [1.29, 1.82) is 0 Å². The Morgan fingerprint density at radius 2 is 1.68 bits per heavy atom. The van der Waals surface area contributed by atoms with Crippen molar-refractivity contribution >= 4 is 35.6 Å². The highest BCUT2D eigenvalue weighted by molar-refractivity contribution is 14.0. The third-order valence-corrected chi connectivity index (χ3v) is 3.98. The Bertz CT molecular complexity index is 753. The largest absolute Gasteiger partial charge is 0.493 e. The van der Waals surface area contributed by atoms with Crippen LogP contribution >= 0.6 is 24.0 Å². The number of nitrogens with one attached hydrogen (secondary N) is 2. The number of aliphatic imine (C=N–C) groups is 1. The quantitative estimate of drug-likeness (QED) is 0.304. The minimum Gasteiger partial charge on any atom is -0.493 e. The predicted octanol–water partition coefficient (Wildman–Crippen LogP) is 4.44. The van der Waals surface area contributed by atoms with E-state index in [4.69, 9.17) is 19.2 Å². The summed E-state index contributed by atoms with van der Waals surface area (Å²) in [5, 5.41) is 6.58. The van der Waals surface area contributed by atoms with E-state index < -0.39 is 0 Å². The Balaban J connectivity index is 0.00000392. The molecule has 0 radical (unpaired) electrons. The lowest BCUT2D eigenvalue weighted by molar-refractivity contribution is 0.133. The lowest BCUT2D eigenvalue weighted by Crippen LogP contribution is -2.30. The van der Waals surface area contributed by atoms with Gasteiger partial charge in [0.2, 0.25) is 0 Å². The van der Waals surface area contributed by atoms with Gasteiger partial charge in [-0.1, -0.05) is 24.3 Å². The van der Waals surface area contributed by atoms with Gasteiger partial charge in [-0.2, -0.15) is 0 Å². The molecule has 0 heterocycles. The highest BCUT2D eigenvalue weighted by Gasteiger charge is 2.07. The predicted molar refractivity (Wildman–Crippen MR) is 125 cm³/mol. The molecule has 2 N–H and O–H groups in total. The minimum atomic E-state index is 0. The first-order valence-electron chi connectivity index (χ1n) is 9.13. The van der Waals surface area contributed by atoms with Gasteiger partial charge in [-0.05, 0) is 37.1 Å². The number of rotatable bonds is 9. The second kappa shape index (κ2) is 13.2. The maximum atomic E-state index is 5.55. The van der Waals surface area contributed by atoms with Crippen LogP contribution in [0.1, 0.15) is 25.0 Å². The van der Waals surface area contributed by atoms with Crippen LogP contribution in [0.15, 0.2) is 47.5 Å². The fourth-order valence-corrected chi connectivity index (χ4v) is 2.59. The average molecular weight is 499 g/mol. The smallest absolute Gasteiger partial charge is 0.196 e. The first kappa shape index (κ1) is 24.0. The SMILES string of the molecule is CCNC(=NCc1ccccc1COCC)Nc1ccc(OC)c(OC)c1.I. The van der Waals surface area contributed by atoms with Crippen molar-refractivity contribution in [1.82, 2.24) is 5.32 Å². The number of hydrogen-bond donors (Lipinski definition) is 2. The number of anilines is 1. The number of halogens is 1. The maximum absolute atomic E-state index is 5.55. The summed E-state index contributed by atoms with van der Waals surface area (Å²) >= 11 is 0. The van der Waals surface area contributed by atoms with Crippen molar-refractivity contribution in [3.05, 3.63) is 53.6 Å². The van der Waals surface area contributed by atoms with E-state index in [1.807, 2.05) is 44.2 Å². The molecule has 0 aliphatic rings. The first-order valence-corrected chi connectivity index (χ1v) is 9.13. The van der Waals surface area contributed by atoms with Gasteiger partial charge in [0.1, 0.15) is 0 Å². The molecule has 0 atom stereocenters. The van der Waals surface area contributed by atoms with Gasteiger partial charge in [0.25, 0.3) is 0 Å². The number of methoxy groups -OCH3 is 2. The van der Waals surface area contributed by atoms with Crippen LogP contribution in [-0.4, -0.2) is 33.3 Å². The highest BCUT2D eigenvalue weighted by Crippen LogP contribution is 2.29. The van der Waals surface area contributed by atoms with Crippen LogP contribution in [0.25, 0.3) is 0 Å². The number of hydrogen-bond acceptors (Lipinski definition) is 4. The van der Waals surface area contributed by atoms with Crippen LogP contribution in [0, 0.1) is 0 Å². The van der Waals surface area contributed by atoms with E-state index in [9.17, 15) is 0 Å². The van der Waals surface area contributed by atoms with Crippen molar-refractivity contribution in [2.45, 2.75) is 27.0 Å². The fourth-order valence-electron chi connectivity index (χ4n) is 2.59. The van der Waals surface area contributed by atoms with Gasteiger partial charge in [-0.15, -0.1) is 24.0 Å². The second-order valence-corrected chi connectivity index (χ2v) is 5.80. The van der Waals surface area contributed by atoms with E-state index >= 15 is 0 Å². The Morgan fingerprint density at radius 3 is 2.32 bits per heavy atom. The van der Waals surface area contributed by atoms with Gasteiger partial charge in [0.05, 0.1) is 27.4 Å². The molecule has 0 saturated carbocycles. The molecule has 0 spiro atoms. The molecule has 0 saturated heterocycles. The van der Waals surface area contributed by atoms with Crippen LogP contribution in [0.4, 0.5) is 5.69 Å². The molecule has 2 rings (SSSR count). The Kier molecular flexibility index (Phi) is 11.4. The average Bonchev–Trinajstić information content (AvgIpc) is 2.71. The molecule has 0 aliphatic carbocycles. The standard InChI is InChI=1S/C21H29N3O3.HI/c1-5-22-21(24-18-11-12-19(25-3)20(13-18)26-4)23-14-16-9-7-8-10-17(16)15-27-6-2;/h7-13H,5-6,14-15H2,1-4H3,(H2,22,23,24);1H. The summed E-state index contributed by atoms with van der Waals surface area (Å²) in [6, 6.07) is 13.9. The van der Waals surface area contributed by atoms with E-state index in [2.05, 4.69) is 22.8 Å². The third kappa shape index (κ3) is 7.20. The van der Waals surface area contributed by atoms with Crippen LogP contribution in [0.3, 0.4) is 0 Å². The molecule has 0 aromatic heterocycles. The van der Waals surface area contributed by atoms with E-state index in [1.165, 1.54) is 0 Å². The molecule has 0 unspecified atom stereocenters. The van der Waals surface area contributed by atoms with Crippen LogP contribution < -0.4 is 20.1 Å². The number of ether oxygens (including phenoxy) is 3. The Morgan fingerprint density at radius 1 is 0.964 bits per heavy atom. The van der Waals surface area contributed by atoms with E-state index in [-0.39, 0.29) is 24.0 Å². The molecule has 28 heavy (non-hydrogen) atoms. The highest BCUT2D eigenvalue weighted by atomic mass is 127. The first-order chi connectivity index (χ1) is 13.2. The minimum absolute atomic E-state index is 0. The van der Waals surface area contributed by atoms with Gasteiger partial charge >= 0.3 is 0 Å². The molecule has 6 nitrogen and oxygen atoms in total. The van der Waals surface area contributed by atoms with Gasteiger partial charge in [0, 0.05) is 24.9 Å². The number of nitrogens with zero attached hydrogens (tertiary/aromatic N) is 1. The van der Waals surface area contributed by atoms with Gasteiger partial charge in [-0.3, -0.25) is 0 Å². The fraction of sp³-hybridized carbons (Fsp3) is 0.381. The lowest BCUT2D eigenvalue weighted by Gasteiger charge is -2.14. The summed E-state index contributed by atoms with van der Waals surface area (Å²) in [6.45, 7) is 6.65. The van der Waals surface area contributed by atoms with Crippen molar-refractivity contribution < 1.29 is 14.2 Å². The zero-order valence-electron chi connectivity index (χ0n) is 17.0. The van der Waals surface area contributed by atoms with E-state index in [0.29, 0.717) is 37.2 Å². The number of guanidine groups is 1. The summed E-state index contributed by atoms with van der Waals surface area (Å²) in [4.78, 5) is 4.71. The molecule has 0 aliphatic heterocycles. The molecular weight excluding hydrogens is 469 g/mol. The summed E-state index contributed by atoms with van der Waals surface area (Å²) < 4.78 is 16.2. The van der Waals surface area contributed by atoms with Crippen LogP contribution in [0.5, 0.6) is 11.5 Å². The topological polar surface area (TPSA) is 64.1 Å². The van der Waals surface area contributed by atoms with E-state index in [1.54, 1.807) is 14.2 Å². The third-order valence-electron chi connectivity index (χ3n) is 3.98. The Hall–Kier alpha value is -2.00. The summed E-state index contributed by atoms with van der Waals surface area (Å²) in [5.74, 6) is 2.06. The van der Waals surface area contributed by atoms with Crippen LogP contribution in [-0.2, 0) is 17.9 Å². The molecule has 154 valence electrons. The normalized spacial score (nSPS) is 10.8. The summed E-state index contributed by atoms with van der Waals surface area (Å²) in [7, 11) is 3.24. The molecule has 0 amide bonds. The molecule has 0 bridgehead atoms. The van der Waals surface area contributed by atoms with Crippen molar-refractivity contribution in [3.8, 4) is 11.5 Å². The van der Waals surface area contributed by atoms with Crippen LogP contribution in [0.2, 0.25) is 0 Å². The number of benzene rings is 2. The maximum Gasteiger partial charge on any atom is 0.196 e. The second-order valence-electron chi connectivity index (χ2n) is 5.80. The monoisotopic (exact) mass is 499 g/mol. The van der Waals surface area contributed by atoms with Gasteiger partial charge < -0.3 is 24.8 Å². The molecular formula is C21H30IN3O3. The molecule has 2 aromatic rings. The van der Waals surface area contributed by atoms with Crippen molar-refractivity contribution in [2.75, 3.05) is 32.7 Å². The van der Waals surface area contributed by atoms with E-state index in [0.717, 1.165) is 23.4 Å². The molecule has 0 fully saturated rings. The lowest BCUT2D eigenvalue weighted by atomic mass is 10.1. The van der Waals surface area contributed by atoms with Crippen molar-refractivity contribution in [2.24, 2.45) is 4.99 Å². The summed E-state index contributed by atoms with van der Waals surface area (Å²) in [6.07, 6.45) is 0.